The molecule has 0 N–H and O–H groups in total. The summed E-state index contributed by atoms with van der Waals surface area (Å²) in [5, 5.41) is 0.952. The molecule has 0 amide bonds. The van der Waals surface area contributed by atoms with Crippen molar-refractivity contribution in [3.05, 3.63) is 10.6 Å². The second-order valence-electron chi connectivity index (χ2n) is 4.34. The first-order chi connectivity index (χ1) is 8.28. The highest BCUT2D eigenvalue weighted by atomic mass is 32.1. The lowest BCUT2D eigenvalue weighted by atomic mass is 10.4. The number of rotatable bonds is 7. The van der Waals surface area contributed by atoms with E-state index in [1.54, 1.807) is 7.11 Å². The normalized spacial score (nSPS) is 14.9. The van der Waals surface area contributed by atoms with Crippen LogP contribution in [-0.2, 0) is 11.3 Å². The second-order valence-corrected chi connectivity index (χ2v) is 5.35. The molecule has 1 aliphatic rings. The fourth-order valence-corrected chi connectivity index (χ4v) is 2.73. The lowest BCUT2D eigenvalue weighted by Crippen LogP contribution is -2.25. The Balaban J connectivity index is 2.14. The molecule has 0 bridgehead atoms. The zero-order chi connectivity index (χ0) is 12.3. The van der Waals surface area contributed by atoms with Crippen molar-refractivity contribution in [1.29, 1.82) is 0 Å². The lowest BCUT2D eigenvalue weighted by molar-refractivity contribution is 0.112. The summed E-state index contributed by atoms with van der Waals surface area (Å²) in [4.78, 5) is 18.4. The molecule has 0 aliphatic heterocycles. The Morgan fingerprint density at radius 1 is 1.59 bits per heavy atom. The molecule has 1 aliphatic carbocycles. The average molecular weight is 254 g/mol. The van der Waals surface area contributed by atoms with Crippen molar-refractivity contribution >= 4 is 22.8 Å². The predicted molar refractivity (Wildman–Crippen MR) is 68.8 cm³/mol. The van der Waals surface area contributed by atoms with Gasteiger partial charge in [-0.2, -0.15) is 0 Å². The van der Waals surface area contributed by atoms with Gasteiger partial charge < -0.3 is 9.64 Å². The number of methoxy groups -OCH3 is 1. The van der Waals surface area contributed by atoms with E-state index in [-0.39, 0.29) is 0 Å². The SMILES string of the molecule is CCN(CC1CC1)c1nc(COC)c(C=O)s1. The van der Waals surface area contributed by atoms with Crippen LogP contribution in [0.25, 0.3) is 0 Å². The number of carbonyl (C=O) groups excluding carboxylic acids is 1. The molecule has 0 spiro atoms. The number of ether oxygens (including phenoxy) is 1. The van der Waals surface area contributed by atoms with Gasteiger partial charge in [-0.05, 0) is 25.7 Å². The molecular weight excluding hydrogens is 236 g/mol. The number of hydrogen-bond acceptors (Lipinski definition) is 5. The van der Waals surface area contributed by atoms with Gasteiger partial charge in [0.2, 0.25) is 0 Å². The summed E-state index contributed by atoms with van der Waals surface area (Å²) >= 11 is 1.47. The van der Waals surface area contributed by atoms with Crippen LogP contribution in [0.2, 0.25) is 0 Å². The highest BCUT2D eigenvalue weighted by molar-refractivity contribution is 7.17. The first-order valence-corrected chi connectivity index (χ1v) is 6.78. The second kappa shape index (κ2) is 5.60. The van der Waals surface area contributed by atoms with E-state index in [1.807, 2.05) is 0 Å². The van der Waals surface area contributed by atoms with Crippen LogP contribution in [0.4, 0.5) is 5.13 Å². The Bertz CT molecular complexity index is 388. The molecule has 94 valence electrons. The van der Waals surface area contributed by atoms with Crippen molar-refractivity contribution in [1.82, 2.24) is 4.98 Å². The minimum atomic E-state index is 0.408. The fourth-order valence-electron chi connectivity index (χ4n) is 1.77. The molecule has 0 atom stereocenters. The molecule has 5 heteroatoms. The van der Waals surface area contributed by atoms with Crippen molar-refractivity contribution in [2.75, 3.05) is 25.1 Å². The highest BCUT2D eigenvalue weighted by Crippen LogP contribution is 2.33. The van der Waals surface area contributed by atoms with Gasteiger partial charge in [0.05, 0.1) is 17.2 Å². The molecule has 0 unspecified atom stereocenters. The maximum atomic E-state index is 11.0. The molecule has 17 heavy (non-hydrogen) atoms. The van der Waals surface area contributed by atoms with Crippen LogP contribution in [0.1, 0.15) is 35.1 Å². The maximum Gasteiger partial charge on any atom is 0.186 e. The quantitative estimate of drug-likeness (QED) is 0.700. The molecule has 1 aromatic heterocycles. The number of anilines is 1. The van der Waals surface area contributed by atoms with Crippen LogP contribution < -0.4 is 4.90 Å². The Labute approximate surface area is 106 Å². The van der Waals surface area contributed by atoms with Gasteiger partial charge in [0.15, 0.2) is 11.4 Å². The van der Waals surface area contributed by atoms with E-state index >= 15 is 0 Å². The number of aromatic nitrogens is 1. The molecule has 1 aromatic rings. The number of aldehydes is 1. The van der Waals surface area contributed by atoms with Crippen LogP contribution >= 0.6 is 11.3 Å². The summed E-state index contributed by atoms with van der Waals surface area (Å²) < 4.78 is 5.06. The van der Waals surface area contributed by atoms with Crippen molar-refractivity contribution in [2.45, 2.75) is 26.4 Å². The number of thiazole rings is 1. The Kier molecular flexibility index (Phi) is 4.12. The summed E-state index contributed by atoms with van der Waals surface area (Å²) in [5.74, 6) is 0.824. The largest absolute Gasteiger partial charge is 0.378 e. The van der Waals surface area contributed by atoms with Gasteiger partial charge in [-0.25, -0.2) is 4.98 Å². The lowest BCUT2D eigenvalue weighted by Gasteiger charge is -2.19. The third-order valence-corrected chi connectivity index (χ3v) is 4.02. The van der Waals surface area contributed by atoms with Gasteiger partial charge in [0.1, 0.15) is 0 Å². The average Bonchev–Trinajstić information content (AvgIpc) is 3.07. The van der Waals surface area contributed by atoms with E-state index in [0.29, 0.717) is 11.5 Å². The Hall–Kier alpha value is -0.940. The minimum absolute atomic E-state index is 0.408. The highest BCUT2D eigenvalue weighted by Gasteiger charge is 2.25. The standard InChI is InChI=1S/C12H18N2O2S/c1-3-14(6-9-4-5-9)12-13-10(8-16-2)11(7-15)17-12/h7,9H,3-6,8H2,1-2H3. The van der Waals surface area contributed by atoms with E-state index < -0.39 is 0 Å². The number of carbonyl (C=O) groups is 1. The molecule has 1 fully saturated rings. The summed E-state index contributed by atoms with van der Waals surface area (Å²) in [6.45, 7) is 4.54. The predicted octanol–water partition coefficient (Wildman–Crippen LogP) is 2.34. The first kappa shape index (κ1) is 12.5. The van der Waals surface area contributed by atoms with E-state index in [4.69, 9.17) is 4.74 Å². The van der Waals surface area contributed by atoms with Crippen LogP contribution in [0.15, 0.2) is 0 Å². The maximum absolute atomic E-state index is 11.0. The third kappa shape index (κ3) is 3.04. The van der Waals surface area contributed by atoms with E-state index in [0.717, 1.165) is 36.1 Å². The third-order valence-electron chi connectivity index (χ3n) is 2.93. The summed E-state index contributed by atoms with van der Waals surface area (Å²) in [6, 6.07) is 0. The zero-order valence-corrected chi connectivity index (χ0v) is 11.1. The molecule has 1 heterocycles. The molecule has 1 saturated carbocycles. The Morgan fingerprint density at radius 3 is 2.88 bits per heavy atom. The summed E-state index contributed by atoms with van der Waals surface area (Å²) in [7, 11) is 1.62. The van der Waals surface area contributed by atoms with Crippen LogP contribution in [0, 0.1) is 5.92 Å². The molecule has 0 saturated heterocycles. The van der Waals surface area contributed by atoms with Gasteiger partial charge in [0.25, 0.3) is 0 Å². The number of nitrogens with zero attached hydrogens (tertiary/aromatic N) is 2. The molecule has 4 nitrogen and oxygen atoms in total. The van der Waals surface area contributed by atoms with Gasteiger partial charge in [-0.1, -0.05) is 11.3 Å². The van der Waals surface area contributed by atoms with Crippen molar-refractivity contribution in [2.24, 2.45) is 5.92 Å². The fraction of sp³-hybridized carbons (Fsp3) is 0.667. The smallest absolute Gasteiger partial charge is 0.186 e. The Morgan fingerprint density at radius 2 is 2.35 bits per heavy atom. The van der Waals surface area contributed by atoms with Crippen molar-refractivity contribution < 1.29 is 9.53 Å². The molecular formula is C12H18N2O2S. The van der Waals surface area contributed by atoms with Gasteiger partial charge in [-0.3, -0.25) is 4.79 Å². The van der Waals surface area contributed by atoms with E-state index in [1.165, 1.54) is 24.2 Å². The molecule has 0 radical (unpaired) electrons. The summed E-state index contributed by atoms with van der Waals surface area (Å²) in [5.41, 5.74) is 0.761. The van der Waals surface area contributed by atoms with Crippen LogP contribution in [0.3, 0.4) is 0 Å². The van der Waals surface area contributed by atoms with Gasteiger partial charge in [-0.15, -0.1) is 0 Å². The monoisotopic (exact) mass is 254 g/mol. The summed E-state index contributed by atoms with van der Waals surface area (Å²) in [6.07, 6.45) is 3.53. The van der Waals surface area contributed by atoms with Crippen LogP contribution in [0.5, 0.6) is 0 Å². The van der Waals surface area contributed by atoms with Crippen LogP contribution in [-0.4, -0.2) is 31.5 Å². The minimum Gasteiger partial charge on any atom is -0.378 e. The topological polar surface area (TPSA) is 42.4 Å². The number of hydrogen-bond donors (Lipinski definition) is 0. The van der Waals surface area contributed by atoms with E-state index in [2.05, 4.69) is 16.8 Å². The first-order valence-electron chi connectivity index (χ1n) is 5.97. The zero-order valence-electron chi connectivity index (χ0n) is 10.3. The van der Waals surface area contributed by atoms with Gasteiger partial charge >= 0.3 is 0 Å². The van der Waals surface area contributed by atoms with E-state index in [9.17, 15) is 4.79 Å². The van der Waals surface area contributed by atoms with Crippen molar-refractivity contribution in [3.8, 4) is 0 Å². The van der Waals surface area contributed by atoms with Crippen molar-refractivity contribution in [3.63, 3.8) is 0 Å². The molecule has 2 rings (SSSR count). The van der Waals surface area contributed by atoms with Gasteiger partial charge in [0, 0.05) is 20.2 Å². The molecule has 0 aromatic carbocycles.